The molecule has 0 fully saturated rings. The average molecular weight is 491 g/mol. The van der Waals surface area contributed by atoms with Gasteiger partial charge in [-0.15, -0.1) is 0 Å². The van der Waals surface area contributed by atoms with E-state index < -0.39 is 0 Å². The van der Waals surface area contributed by atoms with Gasteiger partial charge in [0.25, 0.3) is 0 Å². The molecular weight excluding hydrogens is 452 g/mol. The van der Waals surface area contributed by atoms with E-state index in [1.807, 2.05) is 4.68 Å². The lowest BCUT2D eigenvalue weighted by atomic mass is 9.86. The summed E-state index contributed by atoms with van der Waals surface area (Å²) in [5, 5.41) is 14.7. The van der Waals surface area contributed by atoms with Crippen LogP contribution >= 0.6 is 0 Å². The quantitative estimate of drug-likeness (QED) is 0.276. The third kappa shape index (κ3) is 6.12. The van der Waals surface area contributed by atoms with E-state index in [1.54, 1.807) is 6.20 Å². The largest absolute Gasteiger partial charge is 0.347 e. The zero-order chi connectivity index (χ0) is 26.8. The van der Waals surface area contributed by atoms with Crippen LogP contribution in [0, 0.1) is 18.3 Å². The summed E-state index contributed by atoms with van der Waals surface area (Å²) in [4.78, 5) is 2.27. The van der Waals surface area contributed by atoms with Gasteiger partial charge in [0.2, 0.25) is 0 Å². The summed E-state index contributed by atoms with van der Waals surface area (Å²) in [6.07, 6.45) is 1.67. The fourth-order valence-electron chi connectivity index (χ4n) is 4.47. The van der Waals surface area contributed by atoms with E-state index in [4.69, 9.17) is 0 Å². The number of rotatable bonds is 6. The van der Waals surface area contributed by atoms with Gasteiger partial charge < -0.3 is 4.90 Å². The van der Waals surface area contributed by atoms with Crippen LogP contribution in [0.4, 0.5) is 5.82 Å². The Morgan fingerprint density at radius 2 is 1.19 bits per heavy atom. The molecule has 0 spiro atoms. The Kier molecular flexibility index (Phi) is 7.28. The molecule has 0 saturated carbocycles. The van der Waals surface area contributed by atoms with Gasteiger partial charge in [0.15, 0.2) is 5.82 Å². The fraction of sp³-hybridized carbons (Fsp3) is 0.333. The van der Waals surface area contributed by atoms with E-state index in [0.29, 0.717) is 18.7 Å². The maximum absolute atomic E-state index is 10.0. The molecule has 0 bridgehead atoms. The van der Waals surface area contributed by atoms with Gasteiger partial charge in [-0.1, -0.05) is 108 Å². The highest BCUT2D eigenvalue weighted by atomic mass is 15.4. The summed E-state index contributed by atoms with van der Waals surface area (Å²) in [5.41, 5.74) is 7.91. The van der Waals surface area contributed by atoms with Crippen LogP contribution in [0.5, 0.6) is 0 Å². The number of nitriles is 1. The zero-order valence-corrected chi connectivity index (χ0v) is 23.2. The number of nitrogens with zero attached hydrogens (tertiary/aromatic N) is 4. The van der Waals surface area contributed by atoms with Gasteiger partial charge in [-0.3, -0.25) is 0 Å². The van der Waals surface area contributed by atoms with Crippen molar-refractivity contribution in [3.05, 3.63) is 112 Å². The van der Waals surface area contributed by atoms with Crippen LogP contribution in [0.3, 0.4) is 0 Å². The SMILES string of the molecule is Cc1ccc(-n2ncc(C#N)c2N(Cc2ccc(C(C)(C)C)cc2)Cc2ccc(C(C)(C)C)cc2)cc1. The normalized spacial score (nSPS) is 11.8. The van der Waals surface area contributed by atoms with Crippen LogP contribution < -0.4 is 4.90 Å². The minimum atomic E-state index is 0.102. The highest BCUT2D eigenvalue weighted by Gasteiger charge is 2.21. The average Bonchev–Trinajstić information content (AvgIpc) is 3.28. The van der Waals surface area contributed by atoms with E-state index >= 15 is 0 Å². The van der Waals surface area contributed by atoms with Crippen molar-refractivity contribution in [2.24, 2.45) is 0 Å². The van der Waals surface area contributed by atoms with E-state index in [-0.39, 0.29) is 10.8 Å². The van der Waals surface area contributed by atoms with Crippen molar-refractivity contribution in [3.63, 3.8) is 0 Å². The van der Waals surface area contributed by atoms with Crippen molar-refractivity contribution in [2.45, 2.75) is 72.4 Å². The van der Waals surface area contributed by atoms with Gasteiger partial charge in [-0.05, 0) is 52.1 Å². The minimum Gasteiger partial charge on any atom is -0.347 e. The van der Waals surface area contributed by atoms with Crippen LogP contribution in [0.1, 0.15) is 74.9 Å². The number of anilines is 1. The van der Waals surface area contributed by atoms with Crippen LogP contribution in [0.25, 0.3) is 5.69 Å². The molecule has 0 radical (unpaired) electrons. The molecule has 3 aromatic carbocycles. The number of aromatic nitrogens is 2. The minimum absolute atomic E-state index is 0.102. The second kappa shape index (κ2) is 10.3. The molecule has 0 atom stereocenters. The molecule has 4 rings (SSSR count). The first-order valence-corrected chi connectivity index (χ1v) is 12.9. The molecule has 0 unspecified atom stereocenters. The third-order valence-corrected chi connectivity index (χ3v) is 6.83. The lowest BCUT2D eigenvalue weighted by molar-refractivity contribution is 0.590. The van der Waals surface area contributed by atoms with Gasteiger partial charge in [-0.25, -0.2) is 4.68 Å². The Labute approximate surface area is 222 Å². The monoisotopic (exact) mass is 490 g/mol. The first-order chi connectivity index (χ1) is 17.5. The summed E-state index contributed by atoms with van der Waals surface area (Å²) in [6, 6.07) is 28.3. The van der Waals surface area contributed by atoms with Gasteiger partial charge in [0.1, 0.15) is 11.6 Å². The van der Waals surface area contributed by atoms with E-state index in [9.17, 15) is 5.26 Å². The lowest BCUT2D eigenvalue weighted by Crippen LogP contribution is -2.26. The summed E-state index contributed by atoms with van der Waals surface area (Å²) in [6.45, 7) is 16.8. The molecule has 0 saturated heterocycles. The highest BCUT2D eigenvalue weighted by molar-refractivity contribution is 5.58. The Hall–Kier alpha value is -3.84. The molecule has 0 aliphatic heterocycles. The predicted octanol–water partition coefficient (Wildman–Crippen LogP) is 7.85. The molecule has 4 nitrogen and oxygen atoms in total. The maximum Gasteiger partial charge on any atom is 0.150 e. The van der Waals surface area contributed by atoms with Crippen molar-refractivity contribution < 1.29 is 0 Å². The van der Waals surface area contributed by atoms with Crippen molar-refractivity contribution >= 4 is 5.82 Å². The Morgan fingerprint density at radius 1 is 0.730 bits per heavy atom. The van der Waals surface area contributed by atoms with Crippen LogP contribution in [0.2, 0.25) is 0 Å². The van der Waals surface area contributed by atoms with Gasteiger partial charge in [0.05, 0.1) is 11.9 Å². The van der Waals surface area contributed by atoms with Gasteiger partial charge >= 0.3 is 0 Å². The number of hydrogen-bond acceptors (Lipinski definition) is 3. The lowest BCUT2D eigenvalue weighted by Gasteiger charge is -2.27. The molecule has 190 valence electrons. The molecule has 0 aliphatic carbocycles. The predicted molar refractivity (Wildman–Crippen MR) is 153 cm³/mol. The summed E-state index contributed by atoms with van der Waals surface area (Å²) in [7, 11) is 0. The van der Waals surface area contributed by atoms with Crippen molar-refractivity contribution in [1.29, 1.82) is 5.26 Å². The topological polar surface area (TPSA) is 44.9 Å². The molecule has 4 heteroatoms. The Morgan fingerprint density at radius 3 is 1.59 bits per heavy atom. The summed E-state index contributed by atoms with van der Waals surface area (Å²) >= 11 is 0. The molecule has 1 aromatic heterocycles. The van der Waals surface area contributed by atoms with E-state index in [2.05, 4.69) is 137 Å². The van der Waals surface area contributed by atoms with E-state index in [0.717, 1.165) is 11.5 Å². The molecular formula is C33H38N4. The smallest absolute Gasteiger partial charge is 0.150 e. The third-order valence-electron chi connectivity index (χ3n) is 6.83. The molecule has 1 heterocycles. The van der Waals surface area contributed by atoms with Gasteiger partial charge in [-0.2, -0.15) is 10.4 Å². The molecule has 0 N–H and O–H groups in total. The fourth-order valence-corrected chi connectivity index (χ4v) is 4.47. The zero-order valence-electron chi connectivity index (χ0n) is 23.2. The standard InChI is InChI=1S/C33H38N4/c1-24-8-18-30(19-9-24)37-31(27(20-34)21-35-37)36(22-25-10-14-28(15-11-25)32(2,3)4)23-26-12-16-29(17-13-26)33(5,6)7/h8-19,21H,22-23H2,1-7H3. The molecule has 0 aliphatic rings. The van der Waals surface area contributed by atoms with Crippen molar-refractivity contribution in [2.75, 3.05) is 4.90 Å². The molecule has 37 heavy (non-hydrogen) atoms. The Balaban J connectivity index is 1.76. The summed E-state index contributed by atoms with van der Waals surface area (Å²) < 4.78 is 1.89. The van der Waals surface area contributed by atoms with Gasteiger partial charge in [0, 0.05) is 13.1 Å². The summed E-state index contributed by atoms with van der Waals surface area (Å²) in [5.74, 6) is 0.811. The Bertz CT molecular complexity index is 1310. The van der Waals surface area contributed by atoms with E-state index in [1.165, 1.54) is 27.8 Å². The maximum atomic E-state index is 10.0. The number of benzene rings is 3. The second-order valence-electron chi connectivity index (χ2n) is 12.0. The van der Waals surface area contributed by atoms with Crippen molar-refractivity contribution in [1.82, 2.24) is 9.78 Å². The highest BCUT2D eigenvalue weighted by Crippen LogP contribution is 2.29. The number of hydrogen-bond donors (Lipinski definition) is 0. The van der Waals surface area contributed by atoms with Crippen LogP contribution in [-0.4, -0.2) is 9.78 Å². The van der Waals surface area contributed by atoms with Crippen LogP contribution in [-0.2, 0) is 23.9 Å². The van der Waals surface area contributed by atoms with Crippen LogP contribution in [0.15, 0.2) is 79.0 Å². The van der Waals surface area contributed by atoms with Crippen molar-refractivity contribution in [3.8, 4) is 11.8 Å². The first kappa shape index (κ1) is 26.2. The first-order valence-electron chi connectivity index (χ1n) is 12.9. The second-order valence-corrected chi connectivity index (χ2v) is 12.0. The molecule has 4 aromatic rings. The molecule has 0 amide bonds. The number of aryl methyl sites for hydroxylation is 1.